The first-order valence-corrected chi connectivity index (χ1v) is 52.7. The Kier molecular flexibility index (Phi) is 61.0. The standard InChI is InChI=1S/C102H175N13O27/c1-14-78-64(5)65(6)88(110-69(10)116)99(139-78)135-59-39-31-46-85(123)114-76(41-27-34-50-104-83(121)44-29-37-57-136-100-89(111-70(11)117)66(7)92(127)79(15-2)140-100)97(132)108-54-52-106-95(130)73-61-74(63-75(62-73)134-56-36-24-33-49-103-82(120)43-25-22-20-18-19-21-23-26-48-87(125)126)96(131)107-53-55-109-98(133)77(115-86(124)47-32-40-60-138-102-91(113-72(13)119)68(9)94(129)81(17-4)142-102)42-28-35-51-105-84(122)45-30-38-58-137-101-90(112-71(12)118)67(8)93(128)80(16-3)141-101/h61-68,76-81,88-94,99-102,127-129H,14-60H2,1-13H3,(H,103,120)(H,104,121)(H,105,122)(H,106,130)(H,107,131)(H,108,132)(H,109,133)(H,110,116)(H,111,117)(H,112,118)(H,113,119)(H,114,123)(H,115,124)(H,125,126)/t64?,65?,66?,67?,68?,76-,77?,78?,79?,80?,81?,88?,89?,90?,91?,92?,93?,94?,99?,100?,101?,102?/m0/s1. The molecule has 0 aromatic heterocycles. The van der Waals surface area contributed by atoms with Gasteiger partial charge >= 0.3 is 5.97 Å². The highest BCUT2D eigenvalue weighted by atomic mass is 16.7. The van der Waals surface area contributed by atoms with Crippen LogP contribution in [0.5, 0.6) is 5.75 Å². The van der Waals surface area contributed by atoms with Crippen LogP contribution in [0, 0.1) is 29.6 Å². The number of carboxylic acid groups (broad SMARTS) is 1. The van der Waals surface area contributed by atoms with Gasteiger partial charge in [-0.15, -0.1) is 0 Å². The molecule has 0 bridgehead atoms. The Hall–Kier alpha value is -8.84. The number of amides is 13. The third-order valence-corrected chi connectivity index (χ3v) is 26.9. The molecule has 810 valence electrons. The summed E-state index contributed by atoms with van der Waals surface area (Å²) >= 11 is 0. The summed E-state index contributed by atoms with van der Waals surface area (Å²) in [5, 5.41) is 78.6. The molecular formula is C102H175N13O27. The minimum Gasteiger partial charge on any atom is -0.494 e. The van der Waals surface area contributed by atoms with Gasteiger partial charge in [0.2, 0.25) is 65.0 Å². The van der Waals surface area contributed by atoms with E-state index in [1.165, 1.54) is 45.9 Å². The molecule has 4 heterocycles. The molecule has 22 atom stereocenters. The third kappa shape index (κ3) is 47.6. The summed E-state index contributed by atoms with van der Waals surface area (Å²) in [5.74, 6) is -6.02. The van der Waals surface area contributed by atoms with E-state index in [0.717, 1.165) is 51.4 Å². The molecule has 4 saturated heterocycles. The van der Waals surface area contributed by atoms with Crippen molar-refractivity contribution in [1.29, 1.82) is 0 Å². The van der Waals surface area contributed by atoms with Crippen molar-refractivity contribution in [3.05, 3.63) is 29.3 Å². The lowest BCUT2D eigenvalue weighted by atomic mass is 9.81. The molecule has 142 heavy (non-hydrogen) atoms. The topological polar surface area (TPSA) is 559 Å². The first-order chi connectivity index (χ1) is 68.0. The van der Waals surface area contributed by atoms with Gasteiger partial charge < -0.3 is 132 Å². The van der Waals surface area contributed by atoms with Crippen molar-refractivity contribution in [1.82, 2.24) is 69.1 Å². The minimum atomic E-state index is -1.04. The van der Waals surface area contributed by atoms with E-state index in [-0.39, 0.29) is 217 Å². The fraction of sp³-hybridized carbons (Fsp3) is 0.804. The number of ether oxygens (including phenoxy) is 9. The Morgan fingerprint density at radius 2 is 0.592 bits per heavy atom. The number of aliphatic hydroxyl groups is 3. The summed E-state index contributed by atoms with van der Waals surface area (Å²) in [4.78, 5) is 182. The molecule has 1 aromatic rings. The highest BCUT2D eigenvalue weighted by molar-refractivity contribution is 6.00. The van der Waals surface area contributed by atoms with E-state index in [9.17, 15) is 82.4 Å². The third-order valence-electron chi connectivity index (χ3n) is 26.9. The van der Waals surface area contributed by atoms with Gasteiger partial charge in [0, 0.05) is 167 Å². The average Bonchev–Trinajstić information content (AvgIpc) is 0.853. The zero-order valence-electron chi connectivity index (χ0n) is 86.8. The van der Waals surface area contributed by atoms with Crippen LogP contribution in [0.25, 0.3) is 0 Å². The molecule has 4 aliphatic heterocycles. The number of rotatable bonds is 72. The molecule has 4 aliphatic rings. The second kappa shape index (κ2) is 70.0. The van der Waals surface area contributed by atoms with Crippen molar-refractivity contribution < 1.29 is 130 Å². The highest BCUT2D eigenvalue weighted by Gasteiger charge is 2.47. The Balaban J connectivity index is 1.23. The molecule has 0 radical (unpaired) electrons. The van der Waals surface area contributed by atoms with Crippen LogP contribution >= 0.6 is 0 Å². The molecular weight excluding hydrogens is 1840 g/mol. The number of aliphatic hydroxyl groups excluding tert-OH is 3. The van der Waals surface area contributed by atoms with E-state index in [0.29, 0.717) is 135 Å². The molecule has 0 saturated carbocycles. The van der Waals surface area contributed by atoms with Crippen molar-refractivity contribution in [2.45, 2.75) is 419 Å². The summed E-state index contributed by atoms with van der Waals surface area (Å²) in [5.41, 5.74) is 0.0564. The lowest BCUT2D eigenvalue weighted by Crippen LogP contribution is -2.60. The van der Waals surface area contributed by atoms with Gasteiger partial charge in [-0.25, -0.2) is 0 Å². The Labute approximate surface area is 840 Å². The van der Waals surface area contributed by atoms with Crippen molar-refractivity contribution in [2.24, 2.45) is 29.6 Å². The van der Waals surface area contributed by atoms with E-state index < -0.39 is 133 Å². The van der Waals surface area contributed by atoms with Gasteiger partial charge in [0.25, 0.3) is 11.8 Å². The molecule has 17 N–H and O–H groups in total. The van der Waals surface area contributed by atoms with E-state index in [1.807, 2.05) is 48.5 Å². The maximum Gasteiger partial charge on any atom is 0.303 e. The quantitative estimate of drug-likeness (QED) is 0.0288. The molecule has 4 fully saturated rings. The maximum atomic E-state index is 14.2. The van der Waals surface area contributed by atoms with E-state index >= 15 is 0 Å². The fourth-order valence-electron chi connectivity index (χ4n) is 18.1. The van der Waals surface area contributed by atoms with Gasteiger partial charge in [-0.2, -0.15) is 0 Å². The van der Waals surface area contributed by atoms with Crippen LogP contribution in [0.1, 0.15) is 335 Å². The molecule has 0 aliphatic carbocycles. The van der Waals surface area contributed by atoms with Gasteiger partial charge in [-0.05, 0) is 178 Å². The SMILES string of the molecule is CCC1OC(OCCCCC(=O)N[C@@H](CCCCNC(=O)CCCCOC2OC(CC)C(O)C(C)C2NC(C)=O)C(=O)NCCNC(=O)c2cc(OCCCCCNC(=O)CCCCCCCCCCC(=O)O)cc(C(=O)NCCNC(=O)C(CCCCNC(=O)CCCCOC3OC(CC)C(O)C(C)C3NC(C)=O)NC(=O)CCCCOC3OC(CC)C(O)C(C)C3NC(C)=O)c2)C(NC(C)=O)C(C)C1C. The minimum absolute atomic E-state index is 0.0139. The van der Waals surface area contributed by atoms with E-state index in [1.54, 1.807) is 0 Å². The molecule has 21 unspecified atom stereocenters. The van der Waals surface area contributed by atoms with Crippen molar-refractivity contribution in [3.63, 3.8) is 0 Å². The van der Waals surface area contributed by atoms with Crippen LogP contribution in [-0.4, -0.2) is 286 Å². The summed E-state index contributed by atoms with van der Waals surface area (Å²) in [6.07, 6.45) is 11.3. The Morgan fingerprint density at radius 1 is 0.310 bits per heavy atom. The average molecular weight is 2020 g/mol. The van der Waals surface area contributed by atoms with E-state index in [4.69, 9.17) is 47.7 Å². The summed E-state index contributed by atoms with van der Waals surface area (Å²) < 4.78 is 55.0. The Morgan fingerprint density at radius 3 is 0.923 bits per heavy atom. The zero-order valence-corrected chi connectivity index (χ0v) is 86.8. The van der Waals surface area contributed by atoms with Gasteiger partial charge in [-0.3, -0.25) is 67.1 Å². The monoisotopic (exact) mass is 2010 g/mol. The first-order valence-electron chi connectivity index (χ1n) is 52.7. The second-order valence-corrected chi connectivity index (χ2v) is 38.5. The smallest absolute Gasteiger partial charge is 0.303 e. The lowest BCUT2D eigenvalue weighted by Gasteiger charge is -2.44. The molecule has 40 heteroatoms. The van der Waals surface area contributed by atoms with Crippen LogP contribution in [0.3, 0.4) is 0 Å². The van der Waals surface area contributed by atoms with Crippen LogP contribution in [-0.2, 0) is 95.4 Å². The lowest BCUT2D eigenvalue weighted by molar-refractivity contribution is -0.251. The normalized spacial score (nSPS) is 24.6. The number of unbranched alkanes of at least 4 members (excludes halogenated alkanes) is 15. The van der Waals surface area contributed by atoms with Crippen LogP contribution < -0.4 is 73.9 Å². The number of hydrogen-bond donors (Lipinski definition) is 17. The van der Waals surface area contributed by atoms with Gasteiger partial charge in [0.15, 0.2) is 25.2 Å². The number of carbonyl (C=O) groups is 14. The maximum absolute atomic E-state index is 14.2. The molecule has 40 nitrogen and oxygen atoms in total. The van der Waals surface area contributed by atoms with Crippen molar-refractivity contribution in [3.8, 4) is 5.75 Å². The number of carboxylic acids is 1. The molecule has 0 spiro atoms. The number of hydrogen-bond acceptors (Lipinski definition) is 26. The number of aliphatic carboxylic acids is 1. The number of nitrogens with one attached hydrogen (secondary N) is 13. The fourth-order valence-corrected chi connectivity index (χ4v) is 18.1. The van der Waals surface area contributed by atoms with Crippen LogP contribution in [0.15, 0.2) is 18.2 Å². The summed E-state index contributed by atoms with van der Waals surface area (Å²) in [6, 6.07) is 0.149. The zero-order chi connectivity index (χ0) is 104. The summed E-state index contributed by atoms with van der Waals surface area (Å²) in [6.45, 7) is 24.6. The second-order valence-electron chi connectivity index (χ2n) is 38.5. The van der Waals surface area contributed by atoms with Crippen LogP contribution in [0.2, 0.25) is 0 Å². The van der Waals surface area contributed by atoms with Gasteiger partial charge in [0.1, 0.15) is 17.8 Å². The van der Waals surface area contributed by atoms with Gasteiger partial charge in [-0.1, -0.05) is 101 Å². The van der Waals surface area contributed by atoms with Crippen molar-refractivity contribution in [2.75, 3.05) is 78.8 Å². The predicted octanol–water partition coefficient (Wildman–Crippen LogP) is 7.14. The molecule has 1 aromatic carbocycles. The Bertz CT molecular complexity index is 3740. The largest absolute Gasteiger partial charge is 0.494 e. The predicted molar refractivity (Wildman–Crippen MR) is 530 cm³/mol. The first kappa shape index (κ1) is 124. The van der Waals surface area contributed by atoms with Crippen molar-refractivity contribution >= 4 is 82.8 Å². The molecule has 13 amide bonds. The number of benzene rings is 1. The van der Waals surface area contributed by atoms with E-state index in [2.05, 4.69) is 83.0 Å². The number of carbonyl (C=O) groups excluding carboxylic acids is 13. The summed E-state index contributed by atoms with van der Waals surface area (Å²) in [7, 11) is 0. The van der Waals surface area contributed by atoms with Gasteiger partial charge in [0.05, 0.1) is 73.5 Å². The highest BCUT2D eigenvalue weighted by Crippen LogP contribution is 2.35. The van der Waals surface area contributed by atoms with Crippen LogP contribution in [0.4, 0.5) is 0 Å². The molecule has 5 rings (SSSR count).